The lowest BCUT2D eigenvalue weighted by Crippen LogP contribution is -2.04. The molecule has 0 aromatic heterocycles. The van der Waals surface area contributed by atoms with Crippen LogP contribution in [0.3, 0.4) is 0 Å². The van der Waals surface area contributed by atoms with E-state index in [1.807, 2.05) is 0 Å². The van der Waals surface area contributed by atoms with Crippen LogP contribution in [0.5, 0.6) is 0 Å². The third-order valence-corrected chi connectivity index (χ3v) is 5.67. The van der Waals surface area contributed by atoms with Crippen molar-refractivity contribution in [2.45, 2.75) is 41.4 Å². The van der Waals surface area contributed by atoms with E-state index in [9.17, 15) is 0 Å². The maximum Gasteiger partial charge on any atom is 0.166 e. The third-order valence-electron chi connectivity index (χ3n) is 3.44. The Bertz CT molecular complexity index is 551. The highest BCUT2D eigenvalue weighted by atomic mass is 32.2. The summed E-state index contributed by atoms with van der Waals surface area (Å²) in [6, 6.07) is 32.2. The first-order chi connectivity index (χ1) is 11.4. The van der Waals surface area contributed by atoms with E-state index < -0.39 is 0 Å². The molecule has 3 rings (SSSR count). The van der Waals surface area contributed by atoms with Crippen molar-refractivity contribution in [1.29, 1.82) is 0 Å². The summed E-state index contributed by atoms with van der Waals surface area (Å²) in [5.41, 5.74) is 0. The molecule has 0 radical (unpaired) electrons. The predicted molar refractivity (Wildman–Crippen MR) is 102 cm³/mol. The molecule has 0 aliphatic rings. The van der Waals surface area contributed by atoms with E-state index >= 15 is 0 Å². The zero-order valence-corrected chi connectivity index (χ0v) is 14.8. The molecule has 0 saturated heterocycles. The Morgan fingerprint density at radius 1 is 0.478 bits per heavy atom. The van der Waals surface area contributed by atoms with Crippen molar-refractivity contribution in [3.8, 4) is 0 Å². The van der Waals surface area contributed by atoms with Crippen LogP contribution in [0.25, 0.3) is 0 Å². The van der Waals surface area contributed by atoms with Gasteiger partial charge in [-0.05, 0) is 36.4 Å². The summed E-state index contributed by atoms with van der Waals surface area (Å²) < 4.78 is 0. The first-order valence-corrected chi connectivity index (χ1v) is 9.48. The second-order valence-electron chi connectivity index (χ2n) is 5.25. The van der Waals surface area contributed by atoms with E-state index in [1.54, 1.807) is 0 Å². The molecule has 0 fully saturated rings. The number of hydrogen-bond acceptors (Lipinski definition) is 0. The normalized spacial score (nSPS) is 10.0. The molecule has 0 saturated carbocycles. The van der Waals surface area contributed by atoms with Crippen molar-refractivity contribution in [3.05, 3.63) is 91.0 Å². The lowest BCUT2D eigenvalue weighted by molar-refractivity contribution is 0.886. The fourth-order valence-electron chi connectivity index (χ4n) is 2.08. The smallest absolute Gasteiger partial charge is 0.0654 e. The monoisotopic (exact) mass is 321 g/mol. The van der Waals surface area contributed by atoms with E-state index in [1.165, 1.54) is 27.5 Å². The van der Waals surface area contributed by atoms with Gasteiger partial charge < -0.3 is 0 Å². The van der Waals surface area contributed by atoms with Crippen LogP contribution in [-0.4, -0.2) is 0 Å². The number of unbranched alkanes of at least 4 members (excludes halogenated alkanes) is 1. The Kier molecular flexibility index (Phi) is 7.48. The van der Waals surface area contributed by atoms with Gasteiger partial charge in [-0.3, -0.25) is 0 Å². The quantitative estimate of drug-likeness (QED) is 0.476. The van der Waals surface area contributed by atoms with Crippen LogP contribution in [0.1, 0.15) is 26.7 Å². The zero-order valence-electron chi connectivity index (χ0n) is 14.0. The molecule has 0 bridgehead atoms. The summed E-state index contributed by atoms with van der Waals surface area (Å²) in [6.45, 7) is 4.36. The van der Waals surface area contributed by atoms with Crippen LogP contribution in [0.4, 0.5) is 0 Å². The highest BCUT2D eigenvalue weighted by Crippen LogP contribution is 2.30. The Hall–Kier alpha value is -1.99. The van der Waals surface area contributed by atoms with Crippen LogP contribution in [0, 0.1) is 0 Å². The summed E-state index contributed by atoms with van der Waals surface area (Å²) >= 11 is 0. The second kappa shape index (κ2) is 9.91. The number of rotatable bonds is 4. The maximum absolute atomic E-state index is 2.21. The molecular formula is C22H25S+. The molecule has 3 aromatic rings. The molecule has 3 aromatic carbocycles. The molecule has 0 spiro atoms. The third kappa shape index (κ3) is 5.30. The van der Waals surface area contributed by atoms with E-state index in [2.05, 4.69) is 105 Å². The molecular weight excluding hydrogens is 296 g/mol. The Morgan fingerprint density at radius 2 is 0.739 bits per heavy atom. The highest BCUT2D eigenvalue weighted by molar-refractivity contribution is 7.97. The molecule has 0 unspecified atom stereocenters. The Labute approximate surface area is 143 Å². The van der Waals surface area contributed by atoms with Crippen LogP contribution < -0.4 is 0 Å². The fraction of sp³-hybridized carbons (Fsp3) is 0.182. The average molecular weight is 322 g/mol. The first-order valence-electron chi connectivity index (χ1n) is 8.26. The van der Waals surface area contributed by atoms with Crippen LogP contribution in [0.15, 0.2) is 106 Å². The van der Waals surface area contributed by atoms with Crippen LogP contribution in [0.2, 0.25) is 0 Å². The van der Waals surface area contributed by atoms with Gasteiger partial charge in [-0.1, -0.05) is 81.3 Å². The summed E-state index contributed by atoms with van der Waals surface area (Å²) in [4.78, 5) is 4.08. The van der Waals surface area contributed by atoms with Gasteiger partial charge in [-0.25, -0.2) is 0 Å². The molecule has 0 aliphatic carbocycles. The van der Waals surface area contributed by atoms with E-state index in [0.717, 1.165) is 0 Å². The molecule has 118 valence electrons. The van der Waals surface area contributed by atoms with Crippen molar-refractivity contribution in [2.75, 3.05) is 0 Å². The van der Waals surface area contributed by atoms with Crippen molar-refractivity contribution in [1.82, 2.24) is 0 Å². The molecule has 23 heavy (non-hydrogen) atoms. The second-order valence-corrected chi connectivity index (χ2v) is 7.27. The van der Waals surface area contributed by atoms with Gasteiger partial charge in [0, 0.05) is 0 Å². The minimum Gasteiger partial charge on any atom is -0.0654 e. The minimum atomic E-state index is -0.0146. The van der Waals surface area contributed by atoms with Gasteiger partial charge in [0.2, 0.25) is 0 Å². The molecule has 0 atom stereocenters. The lowest BCUT2D eigenvalue weighted by Gasteiger charge is -2.07. The van der Waals surface area contributed by atoms with Crippen LogP contribution in [-0.2, 0) is 10.9 Å². The molecule has 0 nitrogen and oxygen atoms in total. The largest absolute Gasteiger partial charge is 0.166 e. The number of hydrogen-bond donors (Lipinski definition) is 0. The first kappa shape index (κ1) is 17.4. The SMILES string of the molecule is CCCC.c1ccc([S+](c2ccccc2)c2ccccc2)cc1. The van der Waals surface area contributed by atoms with Gasteiger partial charge in [-0.2, -0.15) is 0 Å². The van der Waals surface area contributed by atoms with E-state index in [-0.39, 0.29) is 10.9 Å². The van der Waals surface area contributed by atoms with Gasteiger partial charge in [-0.15, -0.1) is 0 Å². The maximum atomic E-state index is 2.21. The van der Waals surface area contributed by atoms with Crippen molar-refractivity contribution < 1.29 is 0 Å². The summed E-state index contributed by atoms with van der Waals surface area (Å²) in [5, 5.41) is 0. The van der Waals surface area contributed by atoms with Crippen LogP contribution >= 0.6 is 0 Å². The minimum absolute atomic E-state index is 0.0146. The zero-order chi connectivity index (χ0) is 16.3. The topological polar surface area (TPSA) is 0 Å². The van der Waals surface area contributed by atoms with Gasteiger partial charge in [0.1, 0.15) is 0 Å². The van der Waals surface area contributed by atoms with Gasteiger partial charge >= 0.3 is 0 Å². The van der Waals surface area contributed by atoms with Crippen molar-refractivity contribution in [3.63, 3.8) is 0 Å². The standard InChI is InChI=1S/C18H15S.C4H10/c1-4-10-16(11-5-1)19(17-12-6-2-7-13-17)18-14-8-3-9-15-18;1-3-4-2/h1-15H;3-4H2,1-2H3/q+1;. The highest BCUT2D eigenvalue weighted by Gasteiger charge is 2.27. The molecule has 1 heteroatoms. The summed E-state index contributed by atoms with van der Waals surface area (Å²) in [6.07, 6.45) is 2.64. The fourth-order valence-corrected chi connectivity index (χ4v) is 4.18. The lowest BCUT2D eigenvalue weighted by atomic mass is 10.4. The van der Waals surface area contributed by atoms with Crippen molar-refractivity contribution >= 4 is 10.9 Å². The average Bonchev–Trinajstić information content (AvgIpc) is 2.65. The summed E-state index contributed by atoms with van der Waals surface area (Å²) in [7, 11) is -0.0146. The molecule has 0 aliphatic heterocycles. The number of benzene rings is 3. The van der Waals surface area contributed by atoms with Crippen molar-refractivity contribution in [2.24, 2.45) is 0 Å². The van der Waals surface area contributed by atoms with E-state index in [0.29, 0.717) is 0 Å². The van der Waals surface area contributed by atoms with Gasteiger partial charge in [0.25, 0.3) is 0 Å². The van der Waals surface area contributed by atoms with Gasteiger partial charge in [0.05, 0.1) is 10.9 Å². The molecule has 0 N–H and O–H groups in total. The predicted octanol–water partition coefficient (Wildman–Crippen LogP) is 6.59. The molecule has 0 heterocycles. The van der Waals surface area contributed by atoms with E-state index in [4.69, 9.17) is 0 Å². The summed E-state index contributed by atoms with van der Waals surface area (Å²) in [5.74, 6) is 0. The Balaban J connectivity index is 0.000000433. The molecule has 0 amide bonds. The van der Waals surface area contributed by atoms with Gasteiger partial charge in [0.15, 0.2) is 14.7 Å². The Morgan fingerprint density at radius 3 is 0.957 bits per heavy atom.